The van der Waals surface area contributed by atoms with Crippen LogP contribution in [0, 0.1) is 12.7 Å². The zero-order valence-electron chi connectivity index (χ0n) is 6.88. The van der Waals surface area contributed by atoms with E-state index in [9.17, 15) is 4.39 Å². The van der Waals surface area contributed by atoms with Crippen molar-refractivity contribution in [1.29, 1.82) is 0 Å². The predicted octanol–water partition coefficient (Wildman–Crippen LogP) is 2.07. The molecule has 0 aromatic carbocycles. The van der Waals surface area contributed by atoms with Crippen LogP contribution in [0.25, 0.3) is 0 Å². The maximum Gasteiger partial charge on any atom is 0.213 e. The Balaban J connectivity index is 2.15. The third-order valence-electron chi connectivity index (χ3n) is 1.81. The van der Waals surface area contributed by atoms with Crippen molar-refractivity contribution in [3.05, 3.63) is 23.6 Å². The Morgan fingerprint density at radius 2 is 2.25 bits per heavy atom. The number of rotatable bonds is 2. The van der Waals surface area contributed by atoms with Crippen LogP contribution in [0.5, 0.6) is 5.88 Å². The summed E-state index contributed by atoms with van der Waals surface area (Å²) in [5.74, 6) is 0.259. The van der Waals surface area contributed by atoms with Crippen LogP contribution in [0.2, 0.25) is 0 Å². The lowest BCUT2D eigenvalue weighted by Gasteiger charge is -2.03. The van der Waals surface area contributed by atoms with Crippen LogP contribution < -0.4 is 4.74 Å². The minimum atomic E-state index is -0.279. The largest absolute Gasteiger partial charge is 0.474 e. The number of pyridine rings is 1. The van der Waals surface area contributed by atoms with Gasteiger partial charge in [0, 0.05) is 6.07 Å². The van der Waals surface area contributed by atoms with E-state index in [4.69, 9.17) is 4.74 Å². The van der Waals surface area contributed by atoms with Crippen LogP contribution in [0.3, 0.4) is 0 Å². The van der Waals surface area contributed by atoms with Gasteiger partial charge in [-0.1, -0.05) is 0 Å². The Bertz CT molecular complexity index is 297. The Labute approximate surface area is 70.4 Å². The van der Waals surface area contributed by atoms with E-state index in [2.05, 4.69) is 4.98 Å². The summed E-state index contributed by atoms with van der Waals surface area (Å²) in [4.78, 5) is 3.96. The first kappa shape index (κ1) is 7.53. The molecule has 64 valence electrons. The zero-order valence-corrected chi connectivity index (χ0v) is 6.88. The summed E-state index contributed by atoms with van der Waals surface area (Å²) in [5.41, 5.74) is 0.396. The molecule has 2 rings (SSSR count). The topological polar surface area (TPSA) is 22.1 Å². The third-order valence-corrected chi connectivity index (χ3v) is 1.81. The molecule has 1 aliphatic carbocycles. The molecule has 0 N–H and O–H groups in total. The number of aryl methyl sites for hydroxylation is 1. The molecule has 0 aliphatic heterocycles. The molecule has 0 atom stereocenters. The van der Waals surface area contributed by atoms with Gasteiger partial charge in [-0.15, -0.1) is 0 Å². The standard InChI is InChI=1S/C9H10FNO/c1-6-8(10)4-5-9(11-6)12-7-2-3-7/h4-5,7H,2-3H2,1H3. The van der Waals surface area contributed by atoms with Gasteiger partial charge in [0.05, 0.1) is 5.69 Å². The minimum Gasteiger partial charge on any atom is -0.474 e. The second-order valence-electron chi connectivity index (χ2n) is 3.03. The average Bonchev–Trinajstić information content (AvgIpc) is 2.81. The smallest absolute Gasteiger partial charge is 0.213 e. The minimum absolute atomic E-state index is 0.279. The Morgan fingerprint density at radius 3 is 2.83 bits per heavy atom. The fourth-order valence-corrected chi connectivity index (χ4v) is 0.943. The summed E-state index contributed by atoms with van der Waals surface area (Å²) >= 11 is 0. The lowest BCUT2D eigenvalue weighted by Crippen LogP contribution is -1.99. The van der Waals surface area contributed by atoms with Crippen LogP contribution in [-0.2, 0) is 0 Å². The van der Waals surface area contributed by atoms with Crippen molar-refractivity contribution in [2.45, 2.75) is 25.9 Å². The molecule has 0 unspecified atom stereocenters. The number of hydrogen-bond donors (Lipinski definition) is 0. The van der Waals surface area contributed by atoms with E-state index >= 15 is 0 Å². The van der Waals surface area contributed by atoms with E-state index in [1.165, 1.54) is 6.07 Å². The Morgan fingerprint density at radius 1 is 1.50 bits per heavy atom. The second-order valence-corrected chi connectivity index (χ2v) is 3.03. The first-order chi connectivity index (χ1) is 5.75. The molecule has 0 saturated heterocycles. The van der Waals surface area contributed by atoms with E-state index in [0.29, 0.717) is 17.7 Å². The Kier molecular flexibility index (Phi) is 1.71. The SMILES string of the molecule is Cc1nc(OC2CC2)ccc1F. The molecule has 1 aliphatic rings. The molecule has 0 spiro atoms. The van der Waals surface area contributed by atoms with E-state index in [0.717, 1.165) is 12.8 Å². The summed E-state index contributed by atoms with van der Waals surface area (Å²) in [5, 5.41) is 0. The van der Waals surface area contributed by atoms with Crippen LogP contribution in [0.15, 0.2) is 12.1 Å². The average molecular weight is 167 g/mol. The molecule has 3 heteroatoms. The molecular formula is C9H10FNO. The van der Waals surface area contributed by atoms with Gasteiger partial charge in [-0.3, -0.25) is 0 Å². The van der Waals surface area contributed by atoms with Crippen molar-refractivity contribution < 1.29 is 9.13 Å². The molecule has 2 nitrogen and oxygen atoms in total. The number of nitrogens with zero attached hydrogens (tertiary/aromatic N) is 1. The maximum atomic E-state index is 12.7. The molecule has 12 heavy (non-hydrogen) atoms. The predicted molar refractivity (Wildman–Crippen MR) is 42.6 cm³/mol. The van der Waals surface area contributed by atoms with Gasteiger partial charge in [0.2, 0.25) is 5.88 Å². The van der Waals surface area contributed by atoms with E-state index in [1.54, 1.807) is 13.0 Å². The molecule has 1 saturated carbocycles. The first-order valence-electron chi connectivity index (χ1n) is 4.05. The quantitative estimate of drug-likeness (QED) is 0.672. The highest BCUT2D eigenvalue weighted by atomic mass is 19.1. The van der Waals surface area contributed by atoms with Crippen molar-refractivity contribution >= 4 is 0 Å². The summed E-state index contributed by atoms with van der Waals surface area (Å²) in [7, 11) is 0. The van der Waals surface area contributed by atoms with Crippen LogP contribution >= 0.6 is 0 Å². The van der Waals surface area contributed by atoms with Crippen LogP contribution in [0.1, 0.15) is 18.5 Å². The fourth-order valence-electron chi connectivity index (χ4n) is 0.943. The maximum absolute atomic E-state index is 12.7. The molecule has 0 radical (unpaired) electrons. The third kappa shape index (κ3) is 1.55. The molecule has 1 aromatic rings. The highest BCUT2D eigenvalue weighted by Gasteiger charge is 2.24. The van der Waals surface area contributed by atoms with Crippen molar-refractivity contribution in [2.24, 2.45) is 0 Å². The van der Waals surface area contributed by atoms with Gasteiger partial charge in [-0.25, -0.2) is 9.37 Å². The van der Waals surface area contributed by atoms with E-state index in [1.807, 2.05) is 0 Å². The van der Waals surface area contributed by atoms with Crippen molar-refractivity contribution in [1.82, 2.24) is 4.98 Å². The fraction of sp³-hybridized carbons (Fsp3) is 0.444. The van der Waals surface area contributed by atoms with Gasteiger partial charge < -0.3 is 4.74 Å². The van der Waals surface area contributed by atoms with Crippen LogP contribution in [-0.4, -0.2) is 11.1 Å². The highest BCUT2D eigenvalue weighted by Crippen LogP contribution is 2.25. The normalized spacial score (nSPS) is 16.2. The molecule has 0 amide bonds. The van der Waals surface area contributed by atoms with Gasteiger partial charge >= 0.3 is 0 Å². The van der Waals surface area contributed by atoms with E-state index < -0.39 is 0 Å². The zero-order chi connectivity index (χ0) is 8.55. The van der Waals surface area contributed by atoms with E-state index in [-0.39, 0.29) is 5.82 Å². The summed E-state index contributed by atoms with van der Waals surface area (Å²) in [6, 6.07) is 2.96. The second kappa shape index (κ2) is 2.73. The van der Waals surface area contributed by atoms with Crippen molar-refractivity contribution in [2.75, 3.05) is 0 Å². The molecule has 0 bridgehead atoms. The molecule has 1 fully saturated rings. The van der Waals surface area contributed by atoms with Crippen molar-refractivity contribution in [3.8, 4) is 5.88 Å². The van der Waals surface area contributed by atoms with Gasteiger partial charge in [-0.05, 0) is 25.8 Å². The lowest BCUT2D eigenvalue weighted by molar-refractivity contribution is 0.289. The summed E-state index contributed by atoms with van der Waals surface area (Å²) in [6.45, 7) is 1.63. The van der Waals surface area contributed by atoms with Crippen LogP contribution in [0.4, 0.5) is 4.39 Å². The summed E-state index contributed by atoms with van der Waals surface area (Å²) in [6.07, 6.45) is 2.51. The Hall–Kier alpha value is -1.12. The molecular weight excluding hydrogens is 157 g/mol. The summed E-state index contributed by atoms with van der Waals surface area (Å²) < 4.78 is 18.1. The first-order valence-corrected chi connectivity index (χ1v) is 4.05. The number of hydrogen-bond acceptors (Lipinski definition) is 2. The monoisotopic (exact) mass is 167 g/mol. The van der Waals surface area contributed by atoms with Gasteiger partial charge in [0.15, 0.2) is 0 Å². The van der Waals surface area contributed by atoms with Gasteiger partial charge in [-0.2, -0.15) is 0 Å². The molecule has 1 heterocycles. The van der Waals surface area contributed by atoms with Crippen molar-refractivity contribution in [3.63, 3.8) is 0 Å². The number of aromatic nitrogens is 1. The number of ether oxygens (including phenoxy) is 1. The van der Waals surface area contributed by atoms with Gasteiger partial charge in [0.25, 0.3) is 0 Å². The number of halogens is 1. The highest BCUT2D eigenvalue weighted by molar-refractivity contribution is 5.17. The lowest BCUT2D eigenvalue weighted by atomic mass is 10.3. The molecule has 1 aromatic heterocycles. The van der Waals surface area contributed by atoms with Gasteiger partial charge in [0.1, 0.15) is 11.9 Å².